The molecule has 1 aliphatic rings. The van der Waals surface area contributed by atoms with Gasteiger partial charge in [-0.15, -0.1) is 0 Å². The summed E-state index contributed by atoms with van der Waals surface area (Å²) < 4.78 is 13.1. The molecule has 0 saturated carbocycles. The molecule has 112 valence electrons. The number of imidazole rings is 1. The summed E-state index contributed by atoms with van der Waals surface area (Å²) in [4.78, 5) is 4.78. The molecule has 0 unspecified atom stereocenters. The van der Waals surface area contributed by atoms with Crippen molar-refractivity contribution in [2.24, 2.45) is 5.73 Å². The molecule has 2 N–H and O–H groups in total. The standard InChI is InChI=1S/C17H17N3O2/c18-6-7-20-14-10-16-15(21-11-22-16)9-13(14)19-17(20)8-12-4-2-1-3-5-12/h1-5,9-10H,6-8,11,18H2. The van der Waals surface area contributed by atoms with Gasteiger partial charge in [-0.3, -0.25) is 0 Å². The molecule has 4 rings (SSSR count). The second kappa shape index (κ2) is 5.35. The first-order valence-electron chi connectivity index (χ1n) is 7.38. The Morgan fingerprint density at radius 3 is 2.64 bits per heavy atom. The molecule has 22 heavy (non-hydrogen) atoms. The summed E-state index contributed by atoms with van der Waals surface area (Å²) in [7, 11) is 0. The quantitative estimate of drug-likeness (QED) is 0.802. The molecule has 0 saturated heterocycles. The molecule has 1 aliphatic heterocycles. The highest BCUT2D eigenvalue weighted by atomic mass is 16.7. The Morgan fingerprint density at radius 1 is 1.09 bits per heavy atom. The minimum atomic E-state index is 0.274. The van der Waals surface area contributed by atoms with Crippen molar-refractivity contribution in [1.82, 2.24) is 9.55 Å². The van der Waals surface area contributed by atoms with E-state index in [0.717, 1.165) is 41.3 Å². The van der Waals surface area contributed by atoms with E-state index in [-0.39, 0.29) is 6.79 Å². The normalized spacial score (nSPS) is 13.0. The Kier molecular flexibility index (Phi) is 3.20. The van der Waals surface area contributed by atoms with Crippen LogP contribution in [0.4, 0.5) is 0 Å². The molecular formula is C17H17N3O2. The largest absolute Gasteiger partial charge is 0.454 e. The maximum atomic E-state index is 5.78. The van der Waals surface area contributed by atoms with Crippen LogP contribution >= 0.6 is 0 Å². The predicted molar refractivity (Wildman–Crippen MR) is 84.2 cm³/mol. The summed E-state index contributed by atoms with van der Waals surface area (Å²) in [5, 5.41) is 0. The smallest absolute Gasteiger partial charge is 0.231 e. The van der Waals surface area contributed by atoms with Gasteiger partial charge in [0.15, 0.2) is 11.5 Å². The first-order valence-corrected chi connectivity index (χ1v) is 7.38. The highest BCUT2D eigenvalue weighted by Gasteiger charge is 2.19. The van der Waals surface area contributed by atoms with E-state index in [0.29, 0.717) is 6.54 Å². The molecule has 1 aromatic heterocycles. The van der Waals surface area contributed by atoms with E-state index in [1.165, 1.54) is 5.56 Å². The van der Waals surface area contributed by atoms with Gasteiger partial charge in [0.05, 0.1) is 11.0 Å². The van der Waals surface area contributed by atoms with Crippen LogP contribution in [0.15, 0.2) is 42.5 Å². The highest BCUT2D eigenvalue weighted by molar-refractivity contribution is 5.81. The van der Waals surface area contributed by atoms with Gasteiger partial charge in [0, 0.05) is 31.6 Å². The number of hydrogen-bond acceptors (Lipinski definition) is 4. The van der Waals surface area contributed by atoms with E-state index in [1.807, 2.05) is 30.3 Å². The molecule has 0 bridgehead atoms. The van der Waals surface area contributed by atoms with Crippen LogP contribution in [0, 0.1) is 0 Å². The highest BCUT2D eigenvalue weighted by Crippen LogP contribution is 2.36. The number of hydrogen-bond donors (Lipinski definition) is 1. The van der Waals surface area contributed by atoms with E-state index in [4.69, 9.17) is 20.2 Å². The van der Waals surface area contributed by atoms with Gasteiger partial charge in [0.2, 0.25) is 6.79 Å². The van der Waals surface area contributed by atoms with Crippen LogP contribution in [-0.4, -0.2) is 22.9 Å². The van der Waals surface area contributed by atoms with Gasteiger partial charge in [-0.05, 0) is 5.56 Å². The van der Waals surface area contributed by atoms with Crippen molar-refractivity contribution >= 4 is 11.0 Å². The van der Waals surface area contributed by atoms with Gasteiger partial charge in [-0.25, -0.2) is 4.98 Å². The van der Waals surface area contributed by atoms with Crippen LogP contribution in [0.25, 0.3) is 11.0 Å². The molecule has 2 heterocycles. The molecule has 5 heteroatoms. The van der Waals surface area contributed by atoms with Crippen molar-refractivity contribution in [1.29, 1.82) is 0 Å². The van der Waals surface area contributed by atoms with Crippen LogP contribution in [0.3, 0.4) is 0 Å². The molecule has 3 aromatic rings. The third-order valence-electron chi connectivity index (χ3n) is 3.88. The zero-order chi connectivity index (χ0) is 14.9. The molecule has 0 amide bonds. The van der Waals surface area contributed by atoms with Crippen molar-refractivity contribution in [3.05, 3.63) is 53.9 Å². The second-order valence-corrected chi connectivity index (χ2v) is 5.32. The first kappa shape index (κ1) is 13.2. The SMILES string of the molecule is NCCn1c(Cc2ccccc2)nc2cc3c(cc21)OCO3. The van der Waals surface area contributed by atoms with Crippen molar-refractivity contribution in [2.75, 3.05) is 13.3 Å². The lowest BCUT2D eigenvalue weighted by Crippen LogP contribution is -2.12. The predicted octanol–water partition coefficient (Wildman–Crippen LogP) is 2.31. The summed E-state index contributed by atoms with van der Waals surface area (Å²) in [6, 6.07) is 14.3. The summed E-state index contributed by atoms with van der Waals surface area (Å²) in [6.45, 7) is 1.58. The number of aromatic nitrogens is 2. The Balaban J connectivity index is 1.81. The second-order valence-electron chi connectivity index (χ2n) is 5.32. The Bertz CT molecular complexity index is 812. The number of fused-ring (bicyclic) bond motifs is 2. The Labute approximate surface area is 128 Å². The lowest BCUT2D eigenvalue weighted by molar-refractivity contribution is 0.174. The zero-order valence-corrected chi connectivity index (χ0v) is 12.2. The molecular weight excluding hydrogens is 278 g/mol. The molecule has 5 nitrogen and oxygen atoms in total. The van der Waals surface area contributed by atoms with E-state index in [2.05, 4.69) is 16.7 Å². The van der Waals surface area contributed by atoms with Gasteiger partial charge in [-0.2, -0.15) is 0 Å². The third kappa shape index (κ3) is 2.19. The maximum absolute atomic E-state index is 5.78. The third-order valence-corrected chi connectivity index (χ3v) is 3.88. The fourth-order valence-corrected chi connectivity index (χ4v) is 2.86. The molecule has 0 fully saturated rings. The molecule has 0 atom stereocenters. The van der Waals surface area contributed by atoms with Crippen molar-refractivity contribution in [3.8, 4) is 11.5 Å². The summed E-state index contributed by atoms with van der Waals surface area (Å²) in [5.74, 6) is 2.54. The number of benzene rings is 2. The van der Waals surface area contributed by atoms with Crippen molar-refractivity contribution < 1.29 is 9.47 Å². The van der Waals surface area contributed by atoms with Crippen LogP contribution in [-0.2, 0) is 13.0 Å². The minimum Gasteiger partial charge on any atom is -0.454 e. The van der Waals surface area contributed by atoms with Crippen LogP contribution in [0.1, 0.15) is 11.4 Å². The fourth-order valence-electron chi connectivity index (χ4n) is 2.86. The van der Waals surface area contributed by atoms with Crippen molar-refractivity contribution in [2.45, 2.75) is 13.0 Å². The number of nitrogens with zero attached hydrogens (tertiary/aromatic N) is 2. The summed E-state index contributed by atoms with van der Waals surface area (Å²) in [6.07, 6.45) is 0.780. The monoisotopic (exact) mass is 295 g/mol. The van der Waals surface area contributed by atoms with E-state index in [9.17, 15) is 0 Å². The summed E-state index contributed by atoms with van der Waals surface area (Å²) in [5.41, 5.74) is 8.98. The van der Waals surface area contributed by atoms with Gasteiger partial charge in [-0.1, -0.05) is 30.3 Å². The zero-order valence-electron chi connectivity index (χ0n) is 12.2. The van der Waals surface area contributed by atoms with E-state index < -0.39 is 0 Å². The minimum absolute atomic E-state index is 0.274. The van der Waals surface area contributed by atoms with Crippen LogP contribution < -0.4 is 15.2 Å². The number of nitrogens with two attached hydrogens (primary N) is 1. The average Bonchev–Trinajstić information content (AvgIpc) is 3.11. The fraction of sp³-hybridized carbons (Fsp3) is 0.235. The number of ether oxygens (including phenoxy) is 2. The topological polar surface area (TPSA) is 62.3 Å². The van der Waals surface area contributed by atoms with E-state index >= 15 is 0 Å². The molecule has 0 spiro atoms. The van der Waals surface area contributed by atoms with Crippen LogP contribution in [0.2, 0.25) is 0 Å². The first-order chi connectivity index (χ1) is 10.8. The van der Waals surface area contributed by atoms with Gasteiger partial charge < -0.3 is 19.8 Å². The van der Waals surface area contributed by atoms with E-state index in [1.54, 1.807) is 0 Å². The summed E-state index contributed by atoms with van der Waals surface area (Å²) >= 11 is 0. The molecule has 0 aliphatic carbocycles. The molecule has 0 radical (unpaired) electrons. The lowest BCUT2D eigenvalue weighted by Gasteiger charge is -2.08. The maximum Gasteiger partial charge on any atom is 0.231 e. The lowest BCUT2D eigenvalue weighted by atomic mass is 10.1. The van der Waals surface area contributed by atoms with Crippen LogP contribution in [0.5, 0.6) is 11.5 Å². The van der Waals surface area contributed by atoms with Crippen molar-refractivity contribution in [3.63, 3.8) is 0 Å². The number of rotatable bonds is 4. The molecule has 2 aromatic carbocycles. The Hall–Kier alpha value is -2.53. The van der Waals surface area contributed by atoms with Gasteiger partial charge in [0.25, 0.3) is 0 Å². The Morgan fingerprint density at radius 2 is 1.86 bits per heavy atom. The van der Waals surface area contributed by atoms with Gasteiger partial charge in [0.1, 0.15) is 5.82 Å². The van der Waals surface area contributed by atoms with Gasteiger partial charge >= 0.3 is 0 Å². The average molecular weight is 295 g/mol.